The molecule has 1 N–H and O–H groups in total. The number of nitrogens with zero attached hydrogens (tertiary/aromatic N) is 1. The third kappa shape index (κ3) is 4.27. The topological polar surface area (TPSA) is 97.5 Å². The van der Waals surface area contributed by atoms with Crippen molar-refractivity contribution in [1.29, 1.82) is 0 Å². The molecule has 0 spiro atoms. The number of benzene rings is 1. The van der Waals surface area contributed by atoms with Gasteiger partial charge in [-0.15, -0.1) is 0 Å². The summed E-state index contributed by atoms with van der Waals surface area (Å²) in [7, 11) is -4.44. The van der Waals surface area contributed by atoms with E-state index in [1.165, 1.54) is 24.3 Å². The molecule has 1 rings (SSSR count). The number of hydrogen-bond donors (Lipinski definition) is 1. The summed E-state index contributed by atoms with van der Waals surface area (Å²) in [6, 6.07) is 7.06. The molecule has 7 heteroatoms. The van der Waals surface area contributed by atoms with Crippen LogP contribution < -0.4 is 0 Å². The first-order valence-electron chi connectivity index (χ1n) is 7.53. The molecule has 0 heterocycles. The van der Waals surface area contributed by atoms with Gasteiger partial charge in [0.1, 0.15) is 0 Å². The monoisotopic (exact) mass is 329 g/mol. The van der Waals surface area contributed by atoms with Crippen LogP contribution in [0, 0.1) is 10.1 Å². The zero-order chi connectivity index (χ0) is 16.6. The van der Waals surface area contributed by atoms with Crippen molar-refractivity contribution >= 4 is 9.84 Å². The second-order valence-electron chi connectivity index (χ2n) is 5.33. The first kappa shape index (κ1) is 18.6. The molecule has 0 aliphatic heterocycles. The number of rotatable bonds is 10. The van der Waals surface area contributed by atoms with E-state index in [4.69, 9.17) is 0 Å². The van der Waals surface area contributed by atoms with Crippen molar-refractivity contribution in [3.8, 4) is 0 Å². The predicted octanol–water partition coefficient (Wildman–Crippen LogP) is 3.13. The van der Waals surface area contributed by atoms with Crippen LogP contribution in [0.25, 0.3) is 0 Å². The summed E-state index contributed by atoms with van der Waals surface area (Å²) in [5.41, 5.74) is 0. The lowest BCUT2D eigenvalue weighted by atomic mass is 10.1. The van der Waals surface area contributed by atoms with Crippen LogP contribution >= 0.6 is 0 Å². The van der Waals surface area contributed by atoms with Crippen LogP contribution in [0.15, 0.2) is 35.2 Å². The van der Waals surface area contributed by atoms with E-state index in [0.29, 0.717) is 12.8 Å². The van der Waals surface area contributed by atoms with E-state index < -0.39 is 26.2 Å². The third-order valence-corrected chi connectivity index (χ3v) is 5.73. The van der Waals surface area contributed by atoms with Gasteiger partial charge in [0.25, 0.3) is 9.84 Å². The van der Waals surface area contributed by atoms with E-state index in [1.54, 1.807) is 6.07 Å². The first-order chi connectivity index (χ1) is 10.4. The average molecular weight is 329 g/mol. The van der Waals surface area contributed by atoms with Crippen molar-refractivity contribution in [2.45, 2.75) is 61.8 Å². The molecule has 0 radical (unpaired) electrons. The molecule has 0 bridgehead atoms. The maximum atomic E-state index is 12.4. The number of nitro groups is 1. The van der Waals surface area contributed by atoms with E-state index in [0.717, 1.165) is 25.7 Å². The SMILES string of the molecule is CCCCCCCCC(O)([N+](=O)[O-])S(=O)(=O)c1ccccc1. The highest BCUT2D eigenvalue weighted by Crippen LogP contribution is 2.29. The van der Waals surface area contributed by atoms with Crippen LogP contribution in [0.1, 0.15) is 51.9 Å². The predicted molar refractivity (Wildman–Crippen MR) is 83.6 cm³/mol. The Labute approximate surface area is 131 Å². The van der Waals surface area contributed by atoms with Crippen LogP contribution in [-0.4, -0.2) is 23.5 Å². The Morgan fingerprint density at radius 1 is 1.09 bits per heavy atom. The molecule has 0 aliphatic carbocycles. The fourth-order valence-corrected chi connectivity index (χ4v) is 3.75. The van der Waals surface area contributed by atoms with Crippen LogP contribution in [0.3, 0.4) is 0 Å². The first-order valence-corrected chi connectivity index (χ1v) is 9.01. The van der Waals surface area contributed by atoms with Gasteiger partial charge in [-0.2, -0.15) is 0 Å². The number of sulfone groups is 1. The minimum atomic E-state index is -4.44. The Balaban J connectivity index is 2.81. The molecule has 1 aromatic rings. The molecular formula is C15H23NO5S. The van der Waals surface area contributed by atoms with Gasteiger partial charge in [-0.3, -0.25) is 10.1 Å². The minimum Gasteiger partial charge on any atom is -0.318 e. The highest BCUT2D eigenvalue weighted by atomic mass is 32.2. The highest BCUT2D eigenvalue weighted by Gasteiger charge is 2.54. The molecular weight excluding hydrogens is 306 g/mol. The van der Waals surface area contributed by atoms with E-state index in [1.807, 2.05) is 0 Å². The van der Waals surface area contributed by atoms with Crippen LogP contribution in [0.4, 0.5) is 0 Å². The lowest BCUT2D eigenvalue weighted by molar-refractivity contribution is -0.592. The number of unbranched alkanes of at least 4 members (excludes halogenated alkanes) is 5. The average Bonchev–Trinajstić information content (AvgIpc) is 2.51. The fourth-order valence-electron chi connectivity index (χ4n) is 2.25. The normalized spacial score (nSPS) is 14.5. The smallest absolute Gasteiger partial charge is 0.318 e. The molecule has 1 unspecified atom stereocenters. The highest BCUT2D eigenvalue weighted by molar-refractivity contribution is 7.92. The molecule has 22 heavy (non-hydrogen) atoms. The summed E-state index contributed by atoms with van der Waals surface area (Å²) in [6.07, 6.45) is 4.63. The molecule has 124 valence electrons. The molecule has 1 aromatic carbocycles. The Hall–Kier alpha value is -1.47. The van der Waals surface area contributed by atoms with Gasteiger partial charge in [-0.1, -0.05) is 57.2 Å². The molecule has 0 aliphatic rings. The summed E-state index contributed by atoms with van der Waals surface area (Å²) in [5.74, 6) is 0. The third-order valence-electron chi connectivity index (χ3n) is 3.63. The molecule has 0 amide bonds. The summed E-state index contributed by atoms with van der Waals surface area (Å²) in [4.78, 5) is 9.85. The minimum absolute atomic E-state index is 0.236. The zero-order valence-electron chi connectivity index (χ0n) is 12.8. The Morgan fingerprint density at radius 2 is 1.64 bits per heavy atom. The van der Waals surface area contributed by atoms with E-state index in [-0.39, 0.29) is 4.90 Å². The van der Waals surface area contributed by atoms with Crippen molar-refractivity contribution < 1.29 is 18.4 Å². The van der Waals surface area contributed by atoms with Crippen LogP contribution in [-0.2, 0) is 9.84 Å². The van der Waals surface area contributed by atoms with Crippen molar-refractivity contribution in [2.75, 3.05) is 0 Å². The van der Waals surface area contributed by atoms with E-state index >= 15 is 0 Å². The van der Waals surface area contributed by atoms with Crippen molar-refractivity contribution in [3.05, 3.63) is 40.4 Å². The van der Waals surface area contributed by atoms with E-state index in [9.17, 15) is 23.6 Å². The fraction of sp³-hybridized carbons (Fsp3) is 0.600. The summed E-state index contributed by atoms with van der Waals surface area (Å²) >= 11 is 0. The van der Waals surface area contributed by atoms with Gasteiger partial charge >= 0.3 is 5.06 Å². The van der Waals surface area contributed by atoms with Gasteiger partial charge in [0.05, 0.1) is 16.2 Å². The van der Waals surface area contributed by atoms with Crippen molar-refractivity contribution in [3.63, 3.8) is 0 Å². The molecule has 0 saturated heterocycles. The maximum absolute atomic E-state index is 12.4. The molecule has 0 saturated carbocycles. The van der Waals surface area contributed by atoms with Gasteiger partial charge in [-0.05, 0) is 18.6 Å². The standard InChI is InChI=1S/C15H23NO5S/c1-2-3-4-5-6-10-13-15(17,16(18)19)22(20,21)14-11-8-7-9-12-14/h7-9,11-12,17H,2-6,10,13H2,1H3. The molecule has 0 aromatic heterocycles. The Kier molecular flexibility index (Phi) is 6.96. The summed E-state index contributed by atoms with van der Waals surface area (Å²) < 4.78 is 24.7. The van der Waals surface area contributed by atoms with E-state index in [2.05, 4.69) is 6.92 Å². The maximum Gasteiger partial charge on any atom is 0.427 e. The van der Waals surface area contributed by atoms with Crippen molar-refractivity contribution in [1.82, 2.24) is 0 Å². The van der Waals surface area contributed by atoms with Crippen LogP contribution in [0.2, 0.25) is 0 Å². The number of hydrogen-bond acceptors (Lipinski definition) is 5. The molecule has 6 nitrogen and oxygen atoms in total. The molecule has 0 fully saturated rings. The van der Waals surface area contributed by atoms with Gasteiger partial charge in [0, 0.05) is 0 Å². The van der Waals surface area contributed by atoms with Crippen LogP contribution in [0.5, 0.6) is 0 Å². The molecule has 1 atom stereocenters. The Bertz CT molecular complexity index is 573. The lowest BCUT2D eigenvalue weighted by Crippen LogP contribution is -2.46. The van der Waals surface area contributed by atoms with Gasteiger partial charge in [0.15, 0.2) is 0 Å². The quantitative estimate of drug-likeness (QED) is 0.308. The lowest BCUT2D eigenvalue weighted by Gasteiger charge is -2.19. The van der Waals surface area contributed by atoms with Gasteiger partial charge in [-0.25, -0.2) is 8.42 Å². The summed E-state index contributed by atoms with van der Waals surface area (Å²) in [6.45, 7) is 2.08. The van der Waals surface area contributed by atoms with Crippen molar-refractivity contribution in [2.24, 2.45) is 0 Å². The largest absolute Gasteiger partial charge is 0.427 e. The second kappa shape index (κ2) is 8.24. The zero-order valence-corrected chi connectivity index (χ0v) is 13.6. The van der Waals surface area contributed by atoms with Gasteiger partial charge < -0.3 is 5.11 Å². The summed E-state index contributed by atoms with van der Waals surface area (Å²) in [5, 5.41) is 18.4. The number of aliphatic hydroxyl groups is 1. The Morgan fingerprint density at radius 3 is 2.18 bits per heavy atom. The second-order valence-corrected chi connectivity index (χ2v) is 7.47. The van der Waals surface area contributed by atoms with Gasteiger partial charge in [0.2, 0.25) is 0 Å².